The lowest BCUT2D eigenvalue weighted by Gasteiger charge is -2.21. The molecule has 25 heavy (non-hydrogen) atoms. The lowest BCUT2D eigenvalue weighted by Crippen LogP contribution is -2.33. The second kappa shape index (κ2) is 8.71. The fourth-order valence-corrected chi connectivity index (χ4v) is 2.99. The average molecular weight is 351 g/mol. The minimum Gasteiger partial charge on any atom is -0.493 e. The third kappa shape index (κ3) is 4.63. The van der Waals surface area contributed by atoms with Gasteiger partial charge in [0.1, 0.15) is 6.10 Å². The Balaban J connectivity index is 2.22. The Labute approximate surface area is 147 Å². The van der Waals surface area contributed by atoms with E-state index in [0.717, 1.165) is 25.7 Å². The Bertz CT molecular complexity index is 624. The summed E-state index contributed by atoms with van der Waals surface area (Å²) < 4.78 is 16.4. The van der Waals surface area contributed by atoms with E-state index in [2.05, 4.69) is 5.32 Å². The molecule has 1 unspecified atom stereocenters. The Morgan fingerprint density at radius 2 is 1.92 bits per heavy atom. The van der Waals surface area contributed by atoms with Gasteiger partial charge in [0.2, 0.25) is 0 Å². The SMILES string of the molecule is CCC(OC1CCCC1)C(=O)Nc1cc(C(=O)O)cc(OC)c1OC. The van der Waals surface area contributed by atoms with Gasteiger partial charge < -0.3 is 24.6 Å². The topological polar surface area (TPSA) is 94.1 Å². The Hall–Kier alpha value is -2.28. The van der Waals surface area contributed by atoms with E-state index in [-0.39, 0.29) is 34.8 Å². The highest BCUT2D eigenvalue weighted by atomic mass is 16.5. The van der Waals surface area contributed by atoms with Gasteiger partial charge in [-0.1, -0.05) is 19.8 Å². The van der Waals surface area contributed by atoms with E-state index in [1.54, 1.807) is 0 Å². The van der Waals surface area contributed by atoms with Crippen molar-refractivity contribution in [1.29, 1.82) is 0 Å². The van der Waals surface area contributed by atoms with Gasteiger partial charge in [-0.25, -0.2) is 4.79 Å². The van der Waals surface area contributed by atoms with Crippen LogP contribution in [0.1, 0.15) is 49.4 Å². The summed E-state index contributed by atoms with van der Waals surface area (Å²) in [7, 11) is 2.84. The van der Waals surface area contributed by atoms with Crippen LogP contribution in [0, 0.1) is 0 Å². The van der Waals surface area contributed by atoms with Crippen LogP contribution in [0.4, 0.5) is 5.69 Å². The number of carboxylic acids is 1. The number of benzene rings is 1. The maximum Gasteiger partial charge on any atom is 0.335 e. The predicted octanol–water partition coefficient (Wildman–Crippen LogP) is 3.08. The van der Waals surface area contributed by atoms with Gasteiger partial charge in [0.05, 0.1) is 31.6 Å². The summed E-state index contributed by atoms with van der Waals surface area (Å²) in [5.41, 5.74) is 0.246. The van der Waals surface area contributed by atoms with Crippen molar-refractivity contribution >= 4 is 17.6 Å². The molecule has 1 fully saturated rings. The molecule has 0 aliphatic heterocycles. The fraction of sp³-hybridized carbons (Fsp3) is 0.556. The van der Waals surface area contributed by atoms with Gasteiger partial charge in [0.25, 0.3) is 5.91 Å². The molecule has 1 aliphatic carbocycles. The number of nitrogens with one attached hydrogen (secondary N) is 1. The van der Waals surface area contributed by atoms with E-state index in [0.29, 0.717) is 6.42 Å². The van der Waals surface area contributed by atoms with E-state index in [1.165, 1.54) is 26.4 Å². The number of anilines is 1. The number of ether oxygens (including phenoxy) is 3. The summed E-state index contributed by atoms with van der Waals surface area (Å²) in [6.45, 7) is 1.88. The molecule has 1 saturated carbocycles. The van der Waals surface area contributed by atoms with Gasteiger partial charge in [-0.2, -0.15) is 0 Å². The first-order chi connectivity index (χ1) is 12.0. The van der Waals surface area contributed by atoms with Crippen LogP contribution in [0.25, 0.3) is 0 Å². The van der Waals surface area contributed by atoms with Crippen molar-refractivity contribution in [2.75, 3.05) is 19.5 Å². The molecule has 0 heterocycles. The Morgan fingerprint density at radius 1 is 1.24 bits per heavy atom. The molecule has 0 spiro atoms. The van der Waals surface area contributed by atoms with Gasteiger partial charge in [-0.15, -0.1) is 0 Å². The number of rotatable bonds is 8. The van der Waals surface area contributed by atoms with Crippen molar-refractivity contribution in [3.05, 3.63) is 17.7 Å². The molecule has 1 aliphatic rings. The zero-order valence-electron chi connectivity index (χ0n) is 14.8. The summed E-state index contributed by atoms with van der Waals surface area (Å²) in [5, 5.41) is 12.0. The monoisotopic (exact) mass is 351 g/mol. The first-order valence-corrected chi connectivity index (χ1v) is 8.45. The van der Waals surface area contributed by atoms with Crippen LogP contribution < -0.4 is 14.8 Å². The highest BCUT2D eigenvalue weighted by molar-refractivity contribution is 5.98. The quantitative estimate of drug-likeness (QED) is 0.747. The second-order valence-corrected chi connectivity index (χ2v) is 5.99. The zero-order valence-corrected chi connectivity index (χ0v) is 14.8. The number of methoxy groups -OCH3 is 2. The second-order valence-electron chi connectivity index (χ2n) is 5.99. The summed E-state index contributed by atoms with van der Waals surface area (Å²) in [6, 6.07) is 2.70. The highest BCUT2D eigenvalue weighted by Crippen LogP contribution is 2.37. The van der Waals surface area contributed by atoms with Crippen LogP contribution in [-0.2, 0) is 9.53 Å². The van der Waals surface area contributed by atoms with E-state index in [9.17, 15) is 14.7 Å². The molecule has 1 atom stereocenters. The van der Waals surface area contributed by atoms with Gasteiger partial charge >= 0.3 is 5.97 Å². The van der Waals surface area contributed by atoms with Crippen molar-refractivity contribution in [1.82, 2.24) is 0 Å². The molecule has 0 radical (unpaired) electrons. The van der Waals surface area contributed by atoms with Crippen LogP contribution in [0.2, 0.25) is 0 Å². The van der Waals surface area contributed by atoms with Gasteiger partial charge in [0.15, 0.2) is 11.5 Å². The Morgan fingerprint density at radius 3 is 2.44 bits per heavy atom. The molecular formula is C18H25NO6. The average Bonchev–Trinajstić information content (AvgIpc) is 3.11. The number of carbonyl (C=O) groups is 2. The maximum absolute atomic E-state index is 12.6. The lowest BCUT2D eigenvalue weighted by molar-refractivity contribution is -0.131. The van der Waals surface area contributed by atoms with Crippen molar-refractivity contribution in [2.24, 2.45) is 0 Å². The standard InChI is InChI=1S/C18H25NO6/c1-4-14(25-12-7-5-6-8-12)17(20)19-13-9-11(18(21)22)10-15(23-2)16(13)24-3/h9-10,12,14H,4-8H2,1-3H3,(H,19,20)(H,21,22). The fourth-order valence-electron chi connectivity index (χ4n) is 2.99. The van der Waals surface area contributed by atoms with Gasteiger partial charge in [-0.3, -0.25) is 4.79 Å². The van der Waals surface area contributed by atoms with Crippen molar-refractivity contribution in [3.63, 3.8) is 0 Å². The van der Waals surface area contributed by atoms with Crippen LogP contribution in [-0.4, -0.2) is 43.4 Å². The van der Waals surface area contributed by atoms with E-state index in [4.69, 9.17) is 14.2 Å². The molecule has 0 saturated heterocycles. The number of aromatic carboxylic acids is 1. The lowest BCUT2D eigenvalue weighted by atomic mass is 10.1. The molecular weight excluding hydrogens is 326 g/mol. The smallest absolute Gasteiger partial charge is 0.335 e. The summed E-state index contributed by atoms with van der Waals surface area (Å²) in [6.07, 6.45) is 4.22. The molecule has 2 rings (SSSR count). The van der Waals surface area contributed by atoms with Crippen molar-refractivity contribution < 1.29 is 28.9 Å². The van der Waals surface area contributed by atoms with Crippen LogP contribution in [0.15, 0.2) is 12.1 Å². The van der Waals surface area contributed by atoms with E-state index in [1.807, 2.05) is 6.92 Å². The molecule has 0 bridgehead atoms. The highest BCUT2D eigenvalue weighted by Gasteiger charge is 2.26. The number of hydrogen-bond acceptors (Lipinski definition) is 5. The number of carbonyl (C=O) groups excluding carboxylic acids is 1. The first-order valence-electron chi connectivity index (χ1n) is 8.45. The molecule has 2 N–H and O–H groups in total. The normalized spacial score (nSPS) is 15.6. The molecule has 7 heteroatoms. The third-order valence-corrected chi connectivity index (χ3v) is 4.31. The van der Waals surface area contributed by atoms with Crippen LogP contribution >= 0.6 is 0 Å². The molecule has 0 aromatic heterocycles. The first kappa shape index (κ1) is 19.1. The zero-order chi connectivity index (χ0) is 18.4. The number of carboxylic acid groups (broad SMARTS) is 1. The Kier molecular flexibility index (Phi) is 6.64. The number of amides is 1. The molecule has 7 nitrogen and oxygen atoms in total. The summed E-state index contributed by atoms with van der Waals surface area (Å²) in [4.78, 5) is 23.9. The molecule has 1 aromatic carbocycles. The van der Waals surface area contributed by atoms with Gasteiger partial charge in [-0.05, 0) is 31.4 Å². The van der Waals surface area contributed by atoms with E-state index >= 15 is 0 Å². The summed E-state index contributed by atoms with van der Waals surface area (Å²) >= 11 is 0. The summed E-state index contributed by atoms with van der Waals surface area (Å²) in [5.74, 6) is -0.929. The predicted molar refractivity (Wildman–Crippen MR) is 92.6 cm³/mol. The number of hydrogen-bond donors (Lipinski definition) is 2. The van der Waals surface area contributed by atoms with Crippen molar-refractivity contribution in [3.8, 4) is 11.5 Å². The molecule has 1 amide bonds. The van der Waals surface area contributed by atoms with Crippen LogP contribution in [0.3, 0.4) is 0 Å². The minimum atomic E-state index is -1.12. The van der Waals surface area contributed by atoms with E-state index < -0.39 is 12.1 Å². The van der Waals surface area contributed by atoms with Crippen LogP contribution in [0.5, 0.6) is 11.5 Å². The molecule has 1 aromatic rings. The maximum atomic E-state index is 12.6. The van der Waals surface area contributed by atoms with Gasteiger partial charge in [0, 0.05) is 0 Å². The molecule has 138 valence electrons. The third-order valence-electron chi connectivity index (χ3n) is 4.31. The largest absolute Gasteiger partial charge is 0.493 e. The van der Waals surface area contributed by atoms with Crippen molar-refractivity contribution in [2.45, 2.75) is 51.2 Å². The minimum absolute atomic E-state index is 0.00212.